The Bertz CT molecular complexity index is 625. The van der Waals surface area contributed by atoms with Gasteiger partial charge in [0.1, 0.15) is 5.82 Å². The van der Waals surface area contributed by atoms with Crippen LogP contribution in [-0.4, -0.2) is 6.54 Å². The highest BCUT2D eigenvalue weighted by Crippen LogP contribution is 2.26. The van der Waals surface area contributed by atoms with Crippen LogP contribution < -0.4 is 5.32 Å². The van der Waals surface area contributed by atoms with Crippen molar-refractivity contribution in [3.05, 3.63) is 70.5 Å². The number of halogens is 3. The molecule has 21 heavy (non-hydrogen) atoms. The van der Waals surface area contributed by atoms with Crippen LogP contribution in [0.1, 0.15) is 36.1 Å². The lowest BCUT2D eigenvalue weighted by Gasteiger charge is -2.21. The standard InChI is InChI=1S/C17H18F3N/c1-3-8-21-17(12-4-7-15(19)16(20)10-12)14-6-5-13(18)9-11(14)2/h4-7,9-10,17,21H,3,8H2,1-2H3. The predicted octanol–water partition coefficient (Wildman–Crippen LogP) is 4.50. The minimum atomic E-state index is -0.879. The predicted molar refractivity (Wildman–Crippen MR) is 77.6 cm³/mol. The summed E-state index contributed by atoms with van der Waals surface area (Å²) >= 11 is 0. The molecule has 2 aromatic carbocycles. The van der Waals surface area contributed by atoms with Crippen molar-refractivity contribution < 1.29 is 13.2 Å². The molecule has 112 valence electrons. The van der Waals surface area contributed by atoms with Crippen molar-refractivity contribution >= 4 is 0 Å². The van der Waals surface area contributed by atoms with Gasteiger partial charge in [-0.3, -0.25) is 0 Å². The number of rotatable bonds is 5. The highest BCUT2D eigenvalue weighted by Gasteiger charge is 2.17. The molecule has 1 atom stereocenters. The summed E-state index contributed by atoms with van der Waals surface area (Å²) in [7, 11) is 0. The van der Waals surface area contributed by atoms with E-state index in [2.05, 4.69) is 5.32 Å². The van der Waals surface area contributed by atoms with Gasteiger partial charge in [0.15, 0.2) is 11.6 Å². The number of hydrogen-bond donors (Lipinski definition) is 1. The van der Waals surface area contributed by atoms with E-state index >= 15 is 0 Å². The minimum absolute atomic E-state index is 0.291. The van der Waals surface area contributed by atoms with Crippen LogP contribution in [0.25, 0.3) is 0 Å². The maximum absolute atomic E-state index is 13.5. The first-order valence-corrected chi connectivity index (χ1v) is 6.97. The third-order valence-corrected chi connectivity index (χ3v) is 3.42. The van der Waals surface area contributed by atoms with Crippen LogP contribution in [0.2, 0.25) is 0 Å². The molecule has 1 N–H and O–H groups in total. The highest BCUT2D eigenvalue weighted by molar-refractivity contribution is 5.37. The van der Waals surface area contributed by atoms with Gasteiger partial charge in [0.25, 0.3) is 0 Å². The van der Waals surface area contributed by atoms with E-state index in [0.29, 0.717) is 5.56 Å². The first-order chi connectivity index (χ1) is 10.0. The summed E-state index contributed by atoms with van der Waals surface area (Å²) in [4.78, 5) is 0. The molecule has 0 saturated heterocycles. The van der Waals surface area contributed by atoms with Gasteiger partial charge >= 0.3 is 0 Å². The zero-order valence-electron chi connectivity index (χ0n) is 12.1. The van der Waals surface area contributed by atoms with E-state index in [0.717, 1.165) is 30.2 Å². The van der Waals surface area contributed by atoms with Crippen LogP contribution >= 0.6 is 0 Å². The lowest BCUT2D eigenvalue weighted by molar-refractivity contribution is 0.503. The highest BCUT2D eigenvalue weighted by atomic mass is 19.2. The van der Waals surface area contributed by atoms with E-state index < -0.39 is 11.6 Å². The smallest absolute Gasteiger partial charge is 0.159 e. The van der Waals surface area contributed by atoms with Crippen molar-refractivity contribution in [3.8, 4) is 0 Å². The van der Waals surface area contributed by atoms with Gasteiger partial charge in [0, 0.05) is 0 Å². The second kappa shape index (κ2) is 6.76. The average molecular weight is 293 g/mol. The summed E-state index contributed by atoms with van der Waals surface area (Å²) < 4.78 is 39.8. The Morgan fingerprint density at radius 2 is 1.76 bits per heavy atom. The fraction of sp³-hybridized carbons (Fsp3) is 0.294. The summed E-state index contributed by atoms with van der Waals surface area (Å²) in [6.07, 6.45) is 0.903. The van der Waals surface area contributed by atoms with Crippen molar-refractivity contribution in [3.63, 3.8) is 0 Å². The Hall–Kier alpha value is -1.81. The lowest BCUT2D eigenvalue weighted by Crippen LogP contribution is -2.24. The van der Waals surface area contributed by atoms with E-state index in [1.165, 1.54) is 18.2 Å². The molecule has 0 bridgehead atoms. The Kier molecular flexibility index (Phi) is 5.02. The van der Waals surface area contributed by atoms with Crippen molar-refractivity contribution in [2.24, 2.45) is 0 Å². The third-order valence-electron chi connectivity index (χ3n) is 3.42. The summed E-state index contributed by atoms with van der Waals surface area (Å²) in [5.74, 6) is -2.06. The van der Waals surface area contributed by atoms with Crippen LogP contribution in [0, 0.1) is 24.4 Å². The van der Waals surface area contributed by atoms with Gasteiger partial charge in [-0.15, -0.1) is 0 Å². The van der Waals surface area contributed by atoms with Crippen molar-refractivity contribution in [2.75, 3.05) is 6.54 Å². The topological polar surface area (TPSA) is 12.0 Å². The summed E-state index contributed by atoms with van der Waals surface area (Å²) in [6, 6.07) is 8.06. The molecule has 0 radical (unpaired) electrons. The first kappa shape index (κ1) is 15.6. The Balaban J connectivity index is 2.44. The molecule has 0 fully saturated rings. The first-order valence-electron chi connectivity index (χ1n) is 6.97. The quantitative estimate of drug-likeness (QED) is 0.855. The number of hydrogen-bond acceptors (Lipinski definition) is 1. The van der Waals surface area contributed by atoms with Crippen LogP contribution in [-0.2, 0) is 0 Å². The Labute approximate surface area is 122 Å². The largest absolute Gasteiger partial charge is 0.306 e. The van der Waals surface area contributed by atoms with E-state index in [9.17, 15) is 13.2 Å². The second-order valence-corrected chi connectivity index (χ2v) is 5.06. The van der Waals surface area contributed by atoms with Gasteiger partial charge < -0.3 is 5.32 Å². The zero-order valence-corrected chi connectivity index (χ0v) is 12.1. The molecule has 0 aliphatic rings. The van der Waals surface area contributed by atoms with Gasteiger partial charge in [-0.25, -0.2) is 13.2 Å². The minimum Gasteiger partial charge on any atom is -0.306 e. The number of nitrogens with one attached hydrogen (secondary N) is 1. The molecule has 0 aliphatic carbocycles. The molecule has 1 nitrogen and oxygen atoms in total. The fourth-order valence-electron chi connectivity index (χ4n) is 2.35. The van der Waals surface area contributed by atoms with Crippen LogP contribution in [0.4, 0.5) is 13.2 Å². The SMILES string of the molecule is CCCNC(c1ccc(F)c(F)c1)c1ccc(F)cc1C. The molecule has 0 amide bonds. The normalized spacial score (nSPS) is 12.4. The molecule has 0 aliphatic heterocycles. The van der Waals surface area contributed by atoms with E-state index in [4.69, 9.17) is 0 Å². The Morgan fingerprint density at radius 1 is 1.00 bits per heavy atom. The van der Waals surface area contributed by atoms with E-state index in [1.807, 2.05) is 6.92 Å². The fourth-order valence-corrected chi connectivity index (χ4v) is 2.35. The van der Waals surface area contributed by atoms with Gasteiger partial charge in [-0.2, -0.15) is 0 Å². The van der Waals surface area contributed by atoms with Crippen LogP contribution in [0.5, 0.6) is 0 Å². The lowest BCUT2D eigenvalue weighted by atomic mass is 9.94. The molecule has 0 aromatic heterocycles. The van der Waals surface area contributed by atoms with Crippen LogP contribution in [0.3, 0.4) is 0 Å². The summed E-state index contributed by atoms with van der Waals surface area (Å²) in [5, 5.41) is 3.30. The van der Waals surface area contributed by atoms with Crippen LogP contribution in [0.15, 0.2) is 36.4 Å². The van der Waals surface area contributed by atoms with E-state index in [-0.39, 0.29) is 11.9 Å². The van der Waals surface area contributed by atoms with Gasteiger partial charge in [-0.05, 0) is 60.8 Å². The van der Waals surface area contributed by atoms with Gasteiger partial charge in [0.2, 0.25) is 0 Å². The zero-order chi connectivity index (χ0) is 15.4. The van der Waals surface area contributed by atoms with E-state index in [1.54, 1.807) is 19.1 Å². The van der Waals surface area contributed by atoms with Gasteiger partial charge in [0.05, 0.1) is 6.04 Å². The molecule has 0 saturated carbocycles. The summed E-state index contributed by atoms with van der Waals surface area (Å²) in [6.45, 7) is 4.55. The number of aryl methyl sites for hydroxylation is 1. The molecule has 0 heterocycles. The second-order valence-electron chi connectivity index (χ2n) is 5.06. The van der Waals surface area contributed by atoms with Crippen molar-refractivity contribution in [2.45, 2.75) is 26.3 Å². The van der Waals surface area contributed by atoms with Crippen molar-refractivity contribution in [1.29, 1.82) is 0 Å². The molecule has 4 heteroatoms. The number of benzene rings is 2. The maximum Gasteiger partial charge on any atom is 0.159 e. The molecule has 0 spiro atoms. The average Bonchev–Trinajstić information content (AvgIpc) is 2.44. The van der Waals surface area contributed by atoms with Gasteiger partial charge in [-0.1, -0.05) is 19.1 Å². The molecule has 1 unspecified atom stereocenters. The molecular weight excluding hydrogens is 275 g/mol. The van der Waals surface area contributed by atoms with Crippen molar-refractivity contribution in [1.82, 2.24) is 5.32 Å². The third kappa shape index (κ3) is 3.64. The summed E-state index contributed by atoms with van der Waals surface area (Å²) in [5.41, 5.74) is 2.25. The maximum atomic E-state index is 13.5. The molecule has 2 aromatic rings. The monoisotopic (exact) mass is 293 g/mol. The molecular formula is C17H18F3N. The molecule has 2 rings (SSSR count). The Morgan fingerprint density at radius 3 is 2.38 bits per heavy atom.